The third-order valence-corrected chi connectivity index (χ3v) is 4.67. The summed E-state index contributed by atoms with van der Waals surface area (Å²) in [5.74, 6) is -0.312. The summed E-state index contributed by atoms with van der Waals surface area (Å²) in [6.07, 6.45) is 0. The first-order valence-electron chi connectivity index (χ1n) is 6.40. The zero-order valence-electron chi connectivity index (χ0n) is 12.1. The van der Waals surface area contributed by atoms with Gasteiger partial charge in [-0.15, -0.1) is 0 Å². The minimum atomic E-state index is -3.67. The highest BCUT2D eigenvalue weighted by molar-refractivity contribution is 7.91. The molecule has 4 nitrogen and oxygen atoms in total. The molecule has 0 saturated carbocycles. The van der Waals surface area contributed by atoms with E-state index >= 15 is 0 Å². The van der Waals surface area contributed by atoms with Gasteiger partial charge in [0.05, 0.1) is 18.6 Å². The Hall–Kier alpha value is -1.79. The molecule has 2 aromatic rings. The van der Waals surface area contributed by atoms with E-state index in [0.29, 0.717) is 16.3 Å². The molecule has 22 heavy (non-hydrogen) atoms. The standard InChI is InChI=1S/C15H15ClFNO3S/c1-10-7-15(21-2)14(8-13(10)16)18-22(19,20)9-11-3-5-12(17)6-4-11/h3-8,18H,9H2,1-2H3. The Bertz CT molecular complexity index is 776. The number of aryl methyl sites for hydroxylation is 1. The monoisotopic (exact) mass is 343 g/mol. The molecule has 1 N–H and O–H groups in total. The topological polar surface area (TPSA) is 55.4 Å². The van der Waals surface area contributed by atoms with Crippen molar-refractivity contribution in [3.8, 4) is 5.75 Å². The van der Waals surface area contributed by atoms with Gasteiger partial charge in [-0.1, -0.05) is 23.7 Å². The molecular formula is C15H15ClFNO3S. The molecule has 0 spiro atoms. The summed E-state index contributed by atoms with van der Waals surface area (Å²) in [7, 11) is -2.23. The van der Waals surface area contributed by atoms with Gasteiger partial charge in [-0.2, -0.15) is 0 Å². The van der Waals surface area contributed by atoms with Crippen molar-refractivity contribution in [3.63, 3.8) is 0 Å². The van der Waals surface area contributed by atoms with Crippen LogP contribution >= 0.6 is 11.6 Å². The SMILES string of the molecule is COc1cc(C)c(Cl)cc1NS(=O)(=O)Cc1ccc(F)cc1. The third-order valence-electron chi connectivity index (χ3n) is 3.02. The maximum Gasteiger partial charge on any atom is 0.237 e. The van der Waals surface area contributed by atoms with E-state index in [4.69, 9.17) is 16.3 Å². The average Bonchev–Trinajstić information content (AvgIpc) is 2.44. The summed E-state index contributed by atoms with van der Waals surface area (Å²) in [6, 6.07) is 8.43. The predicted octanol–water partition coefficient (Wildman–Crippen LogP) is 3.74. The van der Waals surface area contributed by atoms with Crippen LogP contribution in [0.3, 0.4) is 0 Å². The van der Waals surface area contributed by atoms with E-state index in [9.17, 15) is 12.8 Å². The Labute approximate surface area is 133 Å². The highest BCUT2D eigenvalue weighted by Gasteiger charge is 2.16. The molecule has 0 aliphatic rings. The van der Waals surface area contributed by atoms with Gasteiger partial charge in [0, 0.05) is 5.02 Å². The van der Waals surface area contributed by atoms with Crippen molar-refractivity contribution in [3.05, 3.63) is 58.4 Å². The number of hydrogen-bond donors (Lipinski definition) is 1. The van der Waals surface area contributed by atoms with Gasteiger partial charge >= 0.3 is 0 Å². The summed E-state index contributed by atoms with van der Waals surface area (Å²) >= 11 is 6.02. The van der Waals surface area contributed by atoms with Gasteiger partial charge in [0.15, 0.2) is 0 Å². The van der Waals surface area contributed by atoms with Crippen molar-refractivity contribution in [2.24, 2.45) is 0 Å². The lowest BCUT2D eigenvalue weighted by Crippen LogP contribution is -2.15. The van der Waals surface area contributed by atoms with Gasteiger partial charge in [0.1, 0.15) is 11.6 Å². The largest absolute Gasteiger partial charge is 0.495 e. The van der Waals surface area contributed by atoms with Crippen LogP contribution in [0.5, 0.6) is 5.75 Å². The van der Waals surface area contributed by atoms with E-state index in [0.717, 1.165) is 5.56 Å². The van der Waals surface area contributed by atoms with E-state index in [1.807, 2.05) is 0 Å². The fraction of sp³-hybridized carbons (Fsp3) is 0.200. The highest BCUT2D eigenvalue weighted by Crippen LogP contribution is 2.31. The van der Waals surface area contributed by atoms with Crippen LogP contribution < -0.4 is 9.46 Å². The molecule has 0 atom stereocenters. The summed E-state index contributed by atoms with van der Waals surface area (Å²) in [5, 5.41) is 0.431. The maximum atomic E-state index is 12.9. The molecular weight excluding hydrogens is 329 g/mol. The number of sulfonamides is 1. The van der Waals surface area contributed by atoms with E-state index < -0.39 is 15.8 Å². The smallest absolute Gasteiger partial charge is 0.237 e. The number of hydrogen-bond acceptors (Lipinski definition) is 3. The molecule has 7 heteroatoms. The van der Waals surface area contributed by atoms with Gasteiger partial charge in [-0.3, -0.25) is 4.72 Å². The molecule has 0 fully saturated rings. The highest BCUT2D eigenvalue weighted by atomic mass is 35.5. The lowest BCUT2D eigenvalue weighted by Gasteiger charge is -2.13. The zero-order valence-corrected chi connectivity index (χ0v) is 13.6. The number of rotatable bonds is 5. The van der Waals surface area contributed by atoms with Gasteiger partial charge < -0.3 is 4.74 Å². The van der Waals surface area contributed by atoms with Gasteiger partial charge in [-0.05, 0) is 42.3 Å². The molecule has 0 radical (unpaired) electrons. The lowest BCUT2D eigenvalue weighted by molar-refractivity contribution is 0.416. The summed E-state index contributed by atoms with van der Waals surface area (Å²) in [5.41, 5.74) is 1.52. The van der Waals surface area contributed by atoms with Crippen molar-refractivity contribution in [2.75, 3.05) is 11.8 Å². The molecule has 2 rings (SSSR count). The Morgan fingerprint density at radius 2 is 1.86 bits per heavy atom. The van der Waals surface area contributed by atoms with Crippen LogP contribution in [0.25, 0.3) is 0 Å². The molecule has 0 aromatic heterocycles. The van der Waals surface area contributed by atoms with Crippen molar-refractivity contribution in [1.82, 2.24) is 0 Å². The van der Waals surface area contributed by atoms with Crippen LogP contribution in [-0.2, 0) is 15.8 Å². The zero-order chi connectivity index (χ0) is 16.3. The fourth-order valence-corrected chi connectivity index (χ4v) is 3.27. The molecule has 0 heterocycles. The number of methoxy groups -OCH3 is 1. The molecule has 0 amide bonds. The first-order valence-corrected chi connectivity index (χ1v) is 8.43. The van der Waals surface area contributed by atoms with Crippen LogP contribution in [0.15, 0.2) is 36.4 Å². The molecule has 118 valence electrons. The number of anilines is 1. The molecule has 0 aliphatic carbocycles. The third kappa shape index (κ3) is 4.11. The van der Waals surface area contributed by atoms with Crippen LogP contribution in [0.1, 0.15) is 11.1 Å². The van der Waals surface area contributed by atoms with Crippen LogP contribution in [0, 0.1) is 12.7 Å². The minimum Gasteiger partial charge on any atom is -0.495 e. The van der Waals surface area contributed by atoms with E-state index in [1.54, 1.807) is 13.0 Å². The second-order valence-electron chi connectivity index (χ2n) is 4.79. The Morgan fingerprint density at radius 1 is 1.23 bits per heavy atom. The van der Waals surface area contributed by atoms with Crippen molar-refractivity contribution >= 4 is 27.3 Å². The van der Waals surface area contributed by atoms with Crippen LogP contribution in [0.4, 0.5) is 10.1 Å². The molecule has 0 bridgehead atoms. The van der Waals surface area contributed by atoms with Crippen LogP contribution in [0.2, 0.25) is 5.02 Å². The second-order valence-corrected chi connectivity index (χ2v) is 6.92. The van der Waals surface area contributed by atoms with E-state index in [2.05, 4.69) is 4.72 Å². The first-order chi connectivity index (χ1) is 10.3. The average molecular weight is 344 g/mol. The Kier molecular flexibility index (Phi) is 4.93. The fourth-order valence-electron chi connectivity index (χ4n) is 1.91. The molecule has 0 saturated heterocycles. The number of nitrogens with one attached hydrogen (secondary N) is 1. The lowest BCUT2D eigenvalue weighted by atomic mass is 10.2. The second kappa shape index (κ2) is 6.54. The minimum absolute atomic E-state index is 0.264. The molecule has 0 unspecified atom stereocenters. The van der Waals surface area contributed by atoms with Gasteiger partial charge in [0.2, 0.25) is 10.0 Å². The van der Waals surface area contributed by atoms with Gasteiger partial charge in [0.25, 0.3) is 0 Å². The van der Waals surface area contributed by atoms with Gasteiger partial charge in [-0.25, -0.2) is 12.8 Å². The Morgan fingerprint density at radius 3 is 2.45 bits per heavy atom. The summed E-state index contributed by atoms with van der Waals surface area (Å²) in [6.45, 7) is 1.79. The first kappa shape index (κ1) is 16.6. The van der Waals surface area contributed by atoms with E-state index in [1.165, 1.54) is 37.4 Å². The van der Waals surface area contributed by atoms with E-state index in [-0.39, 0.29) is 11.4 Å². The van der Waals surface area contributed by atoms with Crippen molar-refractivity contribution < 1.29 is 17.5 Å². The normalized spacial score (nSPS) is 11.3. The molecule has 2 aromatic carbocycles. The Balaban J connectivity index is 2.25. The van der Waals surface area contributed by atoms with Crippen molar-refractivity contribution in [1.29, 1.82) is 0 Å². The predicted molar refractivity (Wildman–Crippen MR) is 85.4 cm³/mol. The van der Waals surface area contributed by atoms with Crippen LogP contribution in [-0.4, -0.2) is 15.5 Å². The number of ether oxygens (including phenoxy) is 1. The summed E-state index contributed by atoms with van der Waals surface area (Å²) < 4.78 is 44.9. The number of halogens is 2. The molecule has 0 aliphatic heterocycles. The summed E-state index contributed by atoms with van der Waals surface area (Å²) in [4.78, 5) is 0. The maximum absolute atomic E-state index is 12.9. The quantitative estimate of drug-likeness (QED) is 0.899. The van der Waals surface area contributed by atoms with Crippen molar-refractivity contribution in [2.45, 2.75) is 12.7 Å². The number of benzene rings is 2.